The fourth-order valence-electron chi connectivity index (χ4n) is 0.786. The molecule has 13 heavy (non-hydrogen) atoms. The van der Waals surface area contributed by atoms with E-state index in [0.29, 0.717) is 0 Å². The summed E-state index contributed by atoms with van der Waals surface area (Å²) in [6, 6.07) is 1.04. The average Bonchev–Trinajstić information content (AvgIpc) is 2.07. The number of amides is 1. The van der Waals surface area contributed by atoms with Gasteiger partial charge in [-0.05, 0) is 6.07 Å². The van der Waals surface area contributed by atoms with E-state index in [9.17, 15) is 9.90 Å². The Hall–Kier alpha value is -1.13. The van der Waals surface area contributed by atoms with E-state index in [1.165, 1.54) is 0 Å². The number of benzene rings is 1. The fourth-order valence-corrected chi connectivity index (χ4v) is 1.24. The van der Waals surface area contributed by atoms with Crippen LogP contribution in [-0.2, 0) is 0 Å². The van der Waals surface area contributed by atoms with Gasteiger partial charge in [0, 0.05) is 0 Å². The minimum atomic E-state index is -0.874. The Bertz CT molecular complexity index is 378. The molecule has 1 aromatic carbocycles. The lowest BCUT2D eigenvalue weighted by Crippen LogP contribution is -2.11. The van der Waals surface area contributed by atoms with Crippen LogP contribution in [0.1, 0.15) is 10.4 Å². The van der Waals surface area contributed by atoms with E-state index in [2.05, 4.69) is 0 Å². The summed E-state index contributed by atoms with van der Waals surface area (Å²) in [7, 11) is 0. The summed E-state index contributed by atoms with van der Waals surface area (Å²) in [6.07, 6.45) is 0. The van der Waals surface area contributed by atoms with Gasteiger partial charge < -0.3 is 15.9 Å². The molecule has 4 N–H and O–H groups in total. The maximum absolute atomic E-state index is 10.7. The molecule has 0 unspecified atom stereocenters. The molecule has 0 heterocycles. The van der Waals surface area contributed by atoms with Gasteiger partial charge in [-0.1, -0.05) is 23.2 Å². The van der Waals surface area contributed by atoms with Crippen molar-refractivity contribution >= 4 is 29.1 Å². The average molecular weight is 222 g/mol. The third-order valence-electron chi connectivity index (χ3n) is 1.43. The number of carbonyl (C=O) groups is 1. The Morgan fingerprint density at radius 1 is 1.31 bits per heavy atom. The van der Waals surface area contributed by atoms with Gasteiger partial charge in [0.2, 0.25) is 0 Å². The molecule has 1 rings (SSSR count). The number of aromatic hydroxyl groups is 2. The third kappa shape index (κ3) is 1.64. The van der Waals surface area contributed by atoms with Gasteiger partial charge in [0.05, 0.1) is 10.6 Å². The second-order valence-corrected chi connectivity index (χ2v) is 3.07. The van der Waals surface area contributed by atoms with Gasteiger partial charge in [-0.25, -0.2) is 0 Å². The number of hydrogen-bond acceptors (Lipinski definition) is 3. The van der Waals surface area contributed by atoms with Gasteiger partial charge in [0.25, 0.3) is 5.91 Å². The lowest BCUT2D eigenvalue weighted by Gasteiger charge is -2.05. The highest BCUT2D eigenvalue weighted by Crippen LogP contribution is 2.40. The molecule has 0 aliphatic carbocycles. The van der Waals surface area contributed by atoms with Crippen molar-refractivity contribution in [2.24, 2.45) is 5.73 Å². The highest BCUT2D eigenvalue weighted by molar-refractivity contribution is 6.38. The third-order valence-corrected chi connectivity index (χ3v) is 2.08. The molecule has 0 aliphatic heterocycles. The summed E-state index contributed by atoms with van der Waals surface area (Å²) in [5.41, 5.74) is 4.68. The highest BCUT2D eigenvalue weighted by atomic mass is 35.5. The summed E-state index contributed by atoms with van der Waals surface area (Å²) in [5, 5.41) is 17.8. The van der Waals surface area contributed by atoms with Crippen molar-refractivity contribution in [2.75, 3.05) is 0 Å². The second-order valence-electron chi connectivity index (χ2n) is 2.28. The molecule has 0 aliphatic rings. The summed E-state index contributed by atoms with van der Waals surface area (Å²) in [5.74, 6) is -1.93. The van der Waals surface area contributed by atoms with Gasteiger partial charge in [0.15, 0.2) is 11.5 Å². The van der Waals surface area contributed by atoms with Crippen LogP contribution < -0.4 is 5.73 Å². The monoisotopic (exact) mass is 221 g/mol. The summed E-state index contributed by atoms with van der Waals surface area (Å²) >= 11 is 10.9. The first-order valence-corrected chi connectivity index (χ1v) is 3.90. The van der Waals surface area contributed by atoms with Crippen LogP contribution in [0.15, 0.2) is 6.07 Å². The van der Waals surface area contributed by atoms with Gasteiger partial charge in [-0.15, -0.1) is 0 Å². The highest BCUT2D eigenvalue weighted by Gasteiger charge is 2.17. The minimum absolute atomic E-state index is 0.142. The van der Waals surface area contributed by atoms with Crippen LogP contribution in [0.4, 0.5) is 0 Å². The van der Waals surface area contributed by atoms with Crippen molar-refractivity contribution in [3.8, 4) is 11.5 Å². The number of phenolic OH excluding ortho intramolecular Hbond substituents is 1. The van der Waals surface area contributed by atoms with Crippen LogP contribution in [0.25, 0.3) is 0 Å². The maximum Gasteiger partial charge on any atom is 0.252 e. The normalized spacial score (nSPS) is 10.0. The predicted molar refractivity (Wildman–Crippen MR) is 48.3 cm³/mol. The van der Waals surface area contributed by atoms with E-state index in [-0.39, 0.29) is 15.6 Å². The number of hydrogen-bond donors (Lipinski definition) is 3. The van der Waals surface area contributed by atoms with Gasteiger partial charge in [-0.2, -0.15) is 0 Å². The first-order valence-electron chi connectivity index (χ1n) is 3.15. The molecule has 70 valence electrons. The van der Waals surface area contributed by atoms with Crippen LogP contribution in [0.5, 0.6) is 11.5 Å². The molecule has 0 fully saturated rings. The molecule has 0 radical (unpaired) electrons. The molecule has 0 saturated carbocycles. The number of nitrogens with two attached hydrogens (primary N) is 1. The summed E-state index contributed by atoms with van der Waals surface area (Å²) < 4.78 is 0. The lowest BCUT2D eigenvalue weighted by atomic mass is 10.2. The molecule has 0 saturated heterocycles. The molecule has 0 atom stereocenters. The number of primary amides is 1. The molecule has 6 heteroatoms. The zero-order chi connectivity index (χ0) is 10.2. The Kier molecular flexibility index (Phi) is 2.54. The topological polar surface area (TPSA) is 83.6 Å². The molecular weight excluding hydrogens is 217 g/mol. The van der Waals surface area contributed by atoms with Crippen LogP contribution in [-0.4, -0.2) is 16.1 Å². The predicted octanol–water partition coefficient (Wildman–Crippen LogP) is 1.50. The van der Waals surface area contributed by atoms with E-state index >= 15 is 0 Å². The molecule has 1 amide bonds. The number of halogens is 2. The lowest BCUT2D eigenvalue weighted by molar-refractivity contribution is 0.0998. The molecular formula is C7H5Cl2NO3. The van der Waals surface area contributed by atoms with Gasteiger partial charge in [-0.3, -0.25) is 4.79 Å². The van der Waals surface area contributed by atoms with Crippen LogP contribution in [0.2, 0.25) is 10.0 Å². The van der Waals surface area contributed by atoms with Crippen molar-refractivity contribution in [3.63, 3.8) is 0 Å². The second kappa shape index (κ2) is 3.32. The van der Waals surface area contributed by atoms with E-state index in [0.717, 1.165) is 6.07 Å². The Labute approximate surface area is 83.5 Å². The van der Waals surface area contributed by atoms with Crippen LogP contribution in [0.3, 0.4) is 0 Å². The largest absolute Gasteiger partial charge is 0.505 e. The summed E-state index contributed by atoms with van der Waals surface area (Å²) in [4.78, 5) is 10.7. The quantitative estimate of drug-likeness (QED) is 0.673. The minimum Gasteiger partial charge on any atom is -0.505 e. The van der Waals surface area contributed by atoms with Crippen molar-refractivity contribution in [3.05, 3.63) is 21.7 Å². The first-order chi connectivity index (χ1) is 5.95. The van der Waals surface area contributed by atoms with Crippen LogP contribution in [0, 0.1) is 0 Å². The van der Waals surface area contributed by atoms with Crippen molar-refractivity contribution < 1.29 is 15.0 Å². The molecule has 0 aromatic heterocycles. The van der Waals surface area contributed by atoms with Gasteiger partial charge in [0.1, 0.15) is 5.02 Å². The molecule has 0 bridgehead atoms. The van der Waals surface area contributed by atoms with E-state index in [1.807, 2.05) is 0 Å². The van der Waals surface area contributed by atoms with E-state index < -0.39 is 17.4 Å². The van der Waals surface area contributed by atoms with E-state index in [1.54, 1.807) is 0 Å². The van der Waals surface area contributed by atoms with Crippen molar-refractivity contribution in [2.45, 2.75) is 0 Å². The molecule has 0 spiro atoms. The maximum atomic E-state index is 10.7. The zero-order valence-corrected chi connectivity index (χ0v) is 7.73. The molecule has 4 nitrogen and oxygen atoms in total. The Morgan fingerprint density at radius 2 is 1.85 bits per heavy atom. The number of carbonyl (C=O) groups excluding carboxylic acids is 1. The number of phenols is 2. The standard InChI is InChI=1S/C7H5Cl2NO3/c8-3-1-2(7(10)13)5(11)4(9)6(3)12/h1,11-12H,(H2,10,13). The fraction of sp³-hybridized carbons (Fsp3) is 0. The molecule has 1 aromatic rings. The Morgan fingerprint density at radius 3 is 2.31 bits per heavy atom. The zero-order valence-electron chi connectivity index (χ0n) is 6.21. The first kappa shape index (κ1) is 9.95. The number of rotatable bonds is 1. The van der Waals surface area contributed by atoms with Crippen molar-refractivity contribution in [1.82, 2.24) is 0 Å². The Balaban J connectivity index is 3.50. The van der Waals surface area contributed by atoms with Gasteiger partial charge >= 0.3 is 0 Å². The van der Waals surface area contributed by atoms with E-state index in [4.69, 9.17) is 34.0 Å². The van der Waals surface area contributed by atoms with Crippen molar-refractivity contribution in [1.29, 1.82) is 0 Å². The summed E-state index contributed by atoms with van der Waals surface area (Å²) in [6.45, 7) is 0. The smallest absolute Gasteiger partial charge is 0.252 e. The van der Waals surface area contributed by atoms with Crippen LogP contribution >= 0.6 is 23.2 Å². The SMILES string of the molecule is NC(=O)c1cc(Cl)c(O)c(Cl)c1O.